The number of anilines is 2. The quantitative estimate of drug-likeness (QED) is 0.229. The number of phenols is 1. The van der Waals surface area contributed by atoms with Crippen LogP contribution in [0.4, 0.5) is 20.8 Å². The number of amides is 4. The van der Waals surface area contributed by atoms with Crippen molar-refractivity contribution < 1.29 is 33.7 Å². The Labute approximate surface area is 215 Å². The van der Waals surface area contributed by atoms with Crippen LogP contribution in [0.3, 0.4) is 0 Å². The smallest absolute Gasteiger partial charge is 0.328 e. The van der Waals surface area contributed by atoms with E-state index < -0.39 is 53.1 Å². The molecule has 5 rings (SSSR count). The number of morpholine rings is 1. The molecule has 200 valence electrons. The van der Waals surface area contributed by atoms with Gasteiger partial charge in [0.1, 0.15) is 0 Å². The molecule has 3 aliphatic rings. The van der Waals surface area contributed by atoms with Crippen LogP contribution in [0.5, 0.6) is 5.75 Å². The van der Waals surface area contributed by atoms with E-state index in [9.17, 15) is 19.5 Å². The van der Waals surface area contributed by atoms with E-state index in [1.807, 2.05) is 0 Å². The monoisotopic (exact) mass is 527 g/mol. The van der Waals surface area contributed by atoms with Crippen LogP contribution < -0.4 is 20.9 Å². The molecule has 0 radical (unpaired) electrons. The molecule has 6 N–H and O–H groups in total. The average molecular weight is 528 g/mol. The van der Waals surface area contributed by atoms with Crippen LogP contribution in [0.15, 0.2) is 18.3 Å². The minimum absolute atomic E-state index is 0.00200. The van der Waals surface area contributed by atoms with Crippen molar-refractivity contribution in [1.82, 2.24) is 20.6 Å². The number of phenolic OH excluding ortho intramolecular Hbond substituents is 1. The summed E-state index contributed by atoms with van der Waals surface area (Å²) in [6.07, 6.45) is -0.0410. The maximum absolute atomic E-state index is 15.9. The van der Waals surface area contributed by atoms with Gasteiger partial charge in [0.05, 0.1) is 41.9 Å². The summed E-state index contributed by atoms with van der Waals surface area (Å²) in [5.41, 5.74) is -2.10. The van der Waals surface area contributed by atoms with Gasteiger partial charge in [0.15, 0.2) is 17.0 Å². The summed E-state index contributed by atoms with van der Waals surface area (Å²) in [5, 5.41) is 35.6. The molecule has 4 amide bonds. The Balaban J connectivity index is 1.65. The number of carbonyl (C=O) groups is 3. The second-order valence-electron chi connectivity index (χ2n) is 9.52. The summed E-state index contributed by atoms with van der Waals surface area (Å²) >= 11 is 0. The maximum Gasteiger partial charge on any atom is 0.328 e. The summed E-state index contributed by atoms with van der Waals surface area (Å²) in [5.74, 6) is -3.34. The number of aromatic hydroxyl groups is 1. The van der Waals surface area contributed by atoms with Crippen molar-refractivity contribution in [1.29, 1.82) is 5.41 Å². The second kappa shape index (κ2) is 9.29. The third-order valence-electron chi connectivity index (χ3n) is 7.08. The molecule has 13 nitrogen and oxygen atoms in total. The number of benzene rings is 1. The first kappa shape index (κ1) is 25.5. The molecule has 2 aromatic rings. The number of barbiturate groups is 1. The highest BCUT2D eigenvalue weighted by Gasteiger charge is 2.63. The molecule has 0 aliphatic carbocycles. The highest BCUT2D eigenvalue weighted by Crippen LogP contribution is 2.49. The third kappa shape index (κ3) is 3.83. The Morgan fingerprint density at radius 3 is 2.71 bits per heavy atom. The number of carbonyl (C=O) groups excluding carboxylic acids is 3. The van der Waals surface area contributed by atoms with Gasteiger partial charge in [-0.15, -0.1) is 0 Å². The van der Waals surface area contributed by atoms with Gasteiger partial charge in [0, 0.05) is 31.3 Å². The lowest BCUT2D eigenvalue weighted by molar-refractivity contribution is -0.153. The fourth-order valence-electron chi connectivity index (χ4n) is 5.63. The first-order valence-electron chi connectivity index (χ1n) is 12.0. The maximum atomic E-state index is 15.9. The highest BCUT2D eigenvalue weighted by molar-refractivity contribution is 6.20. The topological polar surface area (TPSA) is 190 Å². The number of nitrogens with one attached hydrogen (secondary N) is 4. The molecular weight excluding hydrogens is 501 g/mol. The number of hydrogen-bond acceptors (Lipinski definition) is 11. The molecule has 3 aliphatic heterocycles. The van der Waals surface area contributed by atoms with Crippen LogP contribution in [0.2, 0.25) is 0 Å². The zero-order valence-corrected chi connectivity index (χ0v) is 20.5. The van der Waals surface area contributed by atoms with E-state index in [0.29, 0.717) is 0 Å². The lowest BCUT2D eigenvalue weighted by atomic mass is 9.66. The van der Waals surface area contributed by atoms with Crippen molar-refractivity contribution >= 4 is 35.2 Å². The van der Waals surface area contributed by atoms with E-state index in [1.165, 1.54) is 23.2 Å². The SMILES string of the molecule is CC1CN2c3c(cc(C(=N)c4ccnc(NCCO)n4)c(O)c3F)CC3(C(=O)NC(=O)NC3=O)C2C(C)O1. The molecule has 1 aromatic heterocycles. The third-order valence-corrected chi connectivity index (χ3v) is 7.08. The number of aromatic nitrogens is 2. The molecule has 0 saturated carbocycles. The number of imide groups is 2. The number of fused-ring (bicyclic) bond motifs is 4. The van der Waals surface area contributed by atoms with Gasteiger partial charge in [-0.1, -0.05) is 0 Å². The Morgan fingerprint density at radius 2 is 2.03 bits per heavy atom. The molecule has 38 heavy (non-hydrogen) atoms. The first-order chi connectivity index (χ1) is 18.1. The van der Waals surface area contributed by atoms with Crippen molar-refractivity contribution in [2.45, 2.75) is 38.5 Å². The molecule has 0 bridgehead atoms. The summed E-state index contributed by atoms with van der Waals surface area (Å²) in [4.78, 5) is 48.2. The van der Waals surface area contributed by atoms with Gasteiger partial charge in [-0.2, -0.15) is 0 Å². The van der Waals surface area contributed by atoms with Crippen LogP contribution >= 0.6 is 0 Å². The van der Waals surface area contributed by atoms with Crippen molar-refractivity contribution in [2.75, 3.05) is 29.9 Å². The molecule has 3 atom stereocenters. The predicted molar refractivity (Wildman–Crippen MR) is 131 cm³/mol. The number of halogens is 1. The van der Waals surface area contributed by atoms with Crippen LogP contribution in [-0.4, -0.2) is 81.7 Å². The second-order valence-corrected chi connectivity index (χ2v) is 9.52. The summed E-state index contributed by atoms with van der Waals surface area (Å²) in [7, 11) is 0. The highest BCUT2D eigenvalue weighted by atomic mass is 19.1. The average Bonchev–Trinajstić information content (AvgIpc) is 2.87. The molecule has 1 spiro atoms. The van der Waals surface area contributed by atoms with E-state index in [-0.39, 0.29) is 60.3 Å². The normalized spacial score (nSPS) is 23.8. The van der Waals surface area contributed by atoms with E-state index in [1.54, 1.807) is 13.8 Å². The lowest BCUT2D eigenvalue weighted by Gasteiger charge is -2.55. The Morgan fingerprint density at radius 1 is 1.32 bits per heavy atom. The number of hydrogen-bond donors (Lipinski definition) is 6. The Hall–Kier alpha value is -4.17. The zero-order valence-electron chi connectivity index (χ0n) is 20.5. The van der Waals surface area contributed by atoms with E-state index in [2.05, 4.69) is 25.9 Å². The number of aliphatic hydroxyl groups is 1. The van der Waals surface area contributed by atoms with Crippen molar-refractivity contribution in [3.05, 3.63) is 41.0 Å². The van der Waals surface area contributed by atoms with Crippen LogP contribution in [-0.2, 0) is 20.7 Å². The summed E-state index contributed by atoms with van der Waals surface area (Å²) < 4.78 is 21.9. The van der Waals surface area contributed by atoms with Gasteiger partial charge >= 0.3 is 6.03 Å². The molecule has 4 heterocycles. The lowest BCUT2D eigenvalue weighted by Crippen LogP contribution is -2.75. The molecule has 14 heteroatoms. The van der Waals surface area contributed by atoms with Gasteiger partial charge in [-0.3, -0.25) is 25.6 Å². The number of nitrogens with zero attached hydrogens (tertiary/aromatic N) is 3. The van der Waals surface area contributed by atoms with E-state index >= 15 is 4.39 Å². The first-order valence-corrected chi connectivity index (χ1v) is 12.0. The van der Waals surface area contributed by atoms with Crippen molar-refractivity contribution in [2.24, 2.45) is 5.41 Å². The molecule has 3 unspecified atom stereocenters. The number of rotatable bonds is 5. The number of urea groups is 1. The zero-order chi connectivity index (χ0) is 27.4. The molecular formula is C24H26FN7O6. The van der Waals surface area contributed by atoms with E-state index in [4.69, 9.17) is 15.3 Å². The van der Waals surface area contributed by atoms with Gasteiger partial charge in [-0.05, 0) is 31.5 Å². The van der Waals surface area contributed by atoms with Crippen LogP contribution in [0.25, 0.3) is 0 Å². The van der Waals surface area contributed by atoms with E-state index in [0.717, 1.165) is 0 Å². The van der Waals surface area contributed by atoms with Gasteiger partial charge in [-0.25, -0.2) is 19.2 Å². The van der Waals surface area contributed by atoms with Crippen molar-refractivity contribution in [3.63, 3.8) is 0 Å². The van der Waals surface area contributed by atoms with Crippen LogP contribution in [0.1, 0.15) is 30.7 Å². The summed E-state index contributed by atoms with van der Waals surface area (Å²) in [6, 6.07) is 0.841. The fraction of sp³-hybridized carbons (Fsp3) is 0.417. The Kier molecular flexibility index (Phi) is 6.23. The number of aliphatic hydroxyl groups excluding tert-OH is 1. The van der Waals surface area contributed by atoms with Gasteiger partial charge in [0.25, 0.3) is 0 Å². The van der Waals surface area contributed by atoms with Gasteiger partial charge < -0.3 is 25.2 Å². The predicted octanol–water partition coefficient (Wildman–Crippen LogP) is 0.0324. The standard InChI is InChI=1S/C24H26FN7O6/c1-10-9-32-17-12(8-24(19(32)11(2)38-10)20(35)30-23(37)31-21(24)36)7-13(18(34)15(17)25)16(26)14-3-4-27-22(29-14)28-5-6-33/h3-4,7,10-11,19,26,33-34H,5-6,8-9H2,1-2H3,(H,27,28,29)(H2,30,31,35,36,37). The number of ether oxygens (including phenoxy) is 1. The van der Waals surface area contributed by atoms with Crippen molar-refractivity contribution in [3.8, 4) is 5.75 Å². The largest absolute Gasteiger partial charge is 0.504 e. The van der Waals surface area contributed by atoms with Crippen LogP contribution in [0, 0.1) is 16.6 Å². The Bertz CT molecular complexity index is 1350. The summed E-state index contributed by atoms with van der Waals surface area (Å²) in [6.45, 7) is 3.53. The molecule has 1 aromatic carbocycles. The van der Waals surface area contributed by atoms with Gasteiger partial charge in [0.2, 0.25) is 17.8 Å². The molecule has 2 fully saturated rings. The minimum atomic E-state index is -1.83. The fourth-order valence-corrected chi connectivity index (χ4v) is 5.63. The minimum Gasteiger partial charge on any atom is -0.504 e. The molecule has 2 saturated heterocycles.